The summed E-state index contributed by atoms with van der Waals surface area (Å²) in [6.45, 7) is 2.75. The number of likely N-dealkylation sites (tertiary alicyclic amines) is 1. The molecule has 0 radical (unpaired) electrons. The predicted octanol–water partition coefficient (Wildman–Crippen LogP) is 4.86. The molecule has 1 fully saturated rings. The fourth-order valence-electron chi connectivity index (χ4n) is 3.83. The number of hydrogen-bond acceptors (Lipinski definition) is 6. The van der Waals surface area contributed by atoms with Crippen LogP contribution in [0.25, 0.3) is 21.5 Å². The first-order valence-corrected chi connectivity index (χ1v) is 10.6. The monoisotopic (exact) mass is 440 g/mol. The number of carbonyl (C=O) groups excluding carboxylic acids is 1. The van der Waals surface area contributed by atoms with E-state index in [2.05, 4.69) is 15.5 Å². The van der Waals surface area contributed by atoms with E-state index in [-0.39, 0.29) is 17.5 Å². The fraction of sp³-hybridized carbons (Fsp3) is 0.227. The van der Waals surface area contributed by atoms with Crippen LogP contribution in [0.2, 0.25) is 0 Å². The molecule has 0 spiro atoms. The quantitative estimate of drug-likeness (QED) is 0.491. The Hall–Kier alpha value is -3.33. The van der Waals surface area contributed by atoms with Crippen LogP contribution in [0.3, 0.4) is 0 Å². The Morgan fingerprint density at radius 2 is 2.06 bits per heavy atom. The SMILES string of the molecule is Cc1onc(-c2ccccc2)c1C(=O)N1CCC(Nc2nc3cc(F)cc(F)c3s2)C1. The zero-order valence-corrected chi connectivity index (χ0v) is 17.4. The molecule has 1 aliphatic rings. The van der Waals surface area contributed by atoms with E-state index >= 15 is 0 Å². The van der Waals surface area contributed by atoms with Crippen molar-refractivity contribution in [2.45, 2.75) is 19.4 Å². The van der Waals surface area contributed by atoms with Crippen LogP contribution in [0, 0.1) is 18.6 Å². The maximum atomic E-state index is 13.9. The van der Waals surface area contributed by atoms with Gasteiger partial charge in [-0.05, 0) is 13.3 Å². The van der Waals surface area contributed by atoms with Gasteiger partial charge in [-0.15, -0.1) is 0 Å². The minimum absolute atomic E-state index is 0.0437. The molecule has 9 heteroatoms. The molecule has 2 aromatic carbocycles. The molecule has 6 nitrogen and oxygen atoms in total. The molecule has 1 N–H and O–H groups in total. The van der Waals surface area contributed by atoms with Gasteiger partial charge in [0.2, 0.25) is 0 Å². The van der Waals surface area contributed by atoms with Crippen molar-refractivity contribution in [3.8, 4) is 11.3 Å². The van der Waals surface area contributed by atoms with Gasteiger partial charge in [0.1, 0.15) is 28.7 Å². The van der Waals surface area contributed by atoms with E-state index in [0.29, 0.717) is 46.4 Å². The molecule has 2 aromatic heterocycles. The number of benzene rings is 2. The molecule has 1 unspecified atom stereocenters. The largest absolute Gasteiger partial charge is 0.360 e. The van der Waals surface area contributed by atoms with Gasteiger partial charge in [0.25, 0.3) is 5.91 Å². The lowest BCUT2D eigenvalue weighted by Crippen LogP contribution is -2.32. The molecule has 3 heterocycles. The number of halogens is 2. The third kappa shape index (κ3) is 3.65. The summed E-state index contributed by atoms with van der Waals surface area (Å²) in [5.74, 6) is -0.943. The Labute approximate surface area is 180 Å². The first-order valence-electron chi connectivity index (χ1n) is 9.82. The normalized spacial score (nSPS) is 16.2. The van der Waals surface area contributed by atoms with E-state index in [0.717, 1.165) is 23.0 Å². The number of nitrogens with one attached hydrogen (secondary N) is 1. The zero-order chi connectivity index (χ0) is 21.5. The van der Waals surface area contributed by atoms with Crippen LogP contribution in [0.15, 0.2) is 47.0 Å². The Balaban J connectivity index is 1.33. The van der Waals surface area contributed by atoms with Crippen LogP contribution in [-0.2, 0) is 0 Å². The van der Waals surface area contributed by atoms with Crippen molar-refractivity contribution in [2.75, 3.05) is 18.4 Å². The molecule has 1 amide bonds. The van der Waals surface area contributed by atoms with Crippen molar-refractivity contribution in [3.05, 3.63) is 65.4 Å². The van der Waals surface area contributed by atoms with Crippen LogP contribution < -0.4 is 5.32 Å². The number of nitrogens with zero attached hydrogens (tertiary/aromatic N) is 3. The lowest BCUT2D eigenvalue weighted by Gasteiger charge is -2.17. The van der Waals surface area contributed by atoms with Gasteiger partial charge in [-0.3, -0.25) is 4.79 Å². The molecule has 4 aromatic rings. The van der Waals surface area contributed by atoms with Crippen LogP contribution in [0.5, 0.6) is 0 Å². The van der Waals surface area contributed by atoms with Crippen LogP contribution in [0.1, 0.15) is 22.5 Å². The van der Waals surface area contributed by atoms with Crippen molar-refractivity contribution < 1.29 is 18.1 Å². The highest BCUT2D eigenvalue weighted by Gasteiger charge is 2.32. The van der Waals surface area contributed by atoms with E-state index in [1.807, 2.05) is 30.3 Å². The number of amides is 1. The minimum atomic E-state index is -0.655. The van der Waals surface area contributed by atoms with Gasteiger partial charge in [0.05, 0.1) is 10.2 Å². The molecule has 31 heavy (non-hydrogen) atoms. The smallest absolute Gasteiger partial charge is 0.259 e. The highest BCUT2D eigenvalue weighted by Crippen LogP contribution is 2.31. The molecular weight excluding hydrogens is 422 g/mol. The summed E-state index contributed by atoms with van der Waals surface area (Å²) >= 11 is 1.14. The number of aryl methyl sites for hydroxylation is 1. The van der Waals surface area contributed by atoms with Crippen molar-refractivity contribution in [3.63, 3.8) is 0 Å². The molecular formula is C22H18F2N4O2S. The molecule has 158 valence electrons. The summed E-state index contributed by atoms with van der Waals surface area (Å²) in [5, 5.41) is 7.85. The van der Waals surface area contributed by atoms with Crippen molar-refractivity contribution in [1.82, 2.24) is 15.0 Å². The lowest BCUT2D eigenvalue weighted by atomic mass is 10.1. The number of rotatable bonds is 4. The van der Waals surface area contributed by atoms with E-state index in [4.69, 9.17) is 4.52 Å². The van der Waals surface area contributed by atoms with Gasteiger partial charge in [-0.25, -0.2) is 13.8 Å². The second kappa shape index (κ2) is 7.73. The first kappa shape index (κ1) is 19.6. The molecule has 1 aliphatic heterocycles. The van der Waals surface area contributed by atoms with Gasteiger partial charge in [-0.2, -0.15) is 0 Å². The average molecular weight is 440 g/mol. The number of thiazole rings is 1. The van der Waals surface area contributed by atoms with E-state index in [9.17, 15) is 13.6 Å². The number of anilines is 1. The van der Waals surface area contributed by atoms with Crippen molar-refractivity contribution >= 4 is 32.6 Å². The second-order valence-electron chi connectivity index (χ2n) is 7.46. The van der Waals surface area contributed by atoms with Crippen molar-refractivity contribution in [1.29, 1.82) is 0 Å². The predicted molar refractivity (Wildman–Crippen MR) is 114 cm³/mol. The van der Waals surface area contributed by atoms with Crippen molar-refractivity contribution in [2.24, 2.45) is 0 Å². The summed E-state index contributed by atoms with van der Waals surface area (Å²) in [6.07, 6.45) is 0.712. The Bertz CT molecular complexity index is 1270. The summed E-state index contributed by atoms with van der Waals surface area (Å²) in [5.41, 5.74) is 2.09. The molecule has 0 aliphatic carbocycles. The number of carbonyl (C=O) groups is 1. The highest BCUT2D eigenvalue weighted by molar-refractivity contribution is 7.22. The van der Waals surface area contributed by atoms with Crippen LogP contribution >= 0.6 is 11.3 Å². The first-order chi connectivity index (χ1) is 15.0. The van der Waals surface area contributed by atoms with E-state index in [1.165, 1.54) is 6.07 Å². The molecule has 5 rings (SSSR count). The summed E-state index contributed by atoms with van der Waals surface area (Å²) in [4.78, 5) is 19.3. The topological polar surface area (TPSA) is 71.3 Å². The van der Waals surface area contributed by atoms with Crippen LogP contribution in [0.4, 0.5) is 13.9 Å². The van der Waals surface area contributed by atoms with Crippen LogP contribution in [-0.4, -0.2) is 40.1 Å². The third-order valence-electron chi connectivity index (χ3n) is 5.34. The Morgan fingerprint density at radius 1 is 1.26 bits per heavy atom. The Morgan fingerprint density at radius 3 is 2.87 bits per heavy atom. The number of fused-ring (bicyclic) bond motifs is 1. The van der Waals surface area contributed by atoms with Gasteiger partial charge < -0.3 is 14.7 Å². The second-order valence-corrected chi connectivity index (χ2v) is 8.46. The maximum absolute atomic E-state index is 13.9. The summed E-state index contributed by atoms with van der Waals surface area (Å²) in [6, 6.07) is 11.5. The number of hydrogen-bond donors (Lipinski definition) is 1. The van der Waals surface area contributed by atoms with Gasteiger partial charge in [0, 0.05) is 36.8 Å². The van der Waals surface area contributed by atoms with Gasteiger partial charge in [0.15, 0.2) is 5.13 Å². The molecule has 0 bridgehead atoms. The minimum Gasteiger partial charge on any atom is -0.360 e. The highest BCUT2D eigenvalue weighted by atomic mass is 32.1. The Kier molecular flexibility index (Phi) is 4.90. The third-order valence-corrected chi connectivity index (χ3v) is 6.35. The zero-order valence-electron chi connectivity index (χ0n) is 16.6. The maximum Gasteiger partial charge on any atom is 0.259 e. The molecule has 1 atom stereocenters. The molecule has 1 saturated heterocycles. The fourth-order valence-corrected chi connectivity index (χ4v) is 4.76. The average Bonchev–Trinajstić information content (AvgIpc) is 3.47. The standard InChI is InChI=1S/C22H18F2N4O2S/c1-12-18(19(27-30-12)13-5-3-2-4-6-13)21(29)28-8-7-15(11-28)25-22-26-17-10-14(23)9-16(24)20(17)31-22/h2-6,9-10,15H,7-8,11H2,1H3,(H,25,26). The van der Waals surface area contributed by atoms with Gasteiger partial charge >= 0.3 is 0 Å². The summed E-state index contributed by atoms with van der Waals surface area (Å²) in [7, 11) is 0. The van der Waals surface area contributed by atoms with E-state index in [1.54, 1.807) is 11.8 Å². The summed E-state index contributed by atoms with van der Waals surface area (Å²) < 4.78 is 33.0. The number of aromatic nitrogens is 2. The lowest BCUT2D eigenvalue weighted by molar-refractivity contribution is 0.0790. The van der Waals surface area contributed by atoms with E-state index < -0.39 is 11.6 Å². The van der Waals surface area contributed by atoms with Gasteiger partial charge in [-0.1, -0.05) is 46.8 Å². The molecule has 0 saturated carbocycles.